The highest BCUT2D eigenvalue weighted by atomic mass is 16.6. The molecule has 0 bridgehead atoms. The molecule has 4 heteroatoms. The number of ether oxygens (including phenoxy) is 1. The quantitative estimate of drug-likeness (QED) is 0.836. The summed E-state index contributed by atoms with van der Waals surface area (Å²) >= 11 is 0. The zero-order chi connectivity index (χ0) is 18.4. The monoisotopic (exact) mass is 352 g/mol. The van der Waals surface area contributed by atoms with E-state index in [-0.39, 0.29) is 5.41 Å². The van der Waals surface area contributed by atoms with E-state index in [1.54, 1.807) is 0 Å². The van der Waals surface area contributed by atoms with Crippen LogP contribution in [0.1, 0.15) is 38.2 Å². The lowest BCUT2D eigenvalue weighted by molar-refractivity contribution is 0.214. The molecule has 138 valence electrons. The largest absolute Gasteiger partial charge is 0.417 e. The first kappa shape index (κ1) is 18.5. The predicted octanol–water partition coefficient (Wildman–Crippen LogP) is 5.06. The first-order valence-corrected chi connectivity index (χ1v) is 9.44. The van der Waals surface area contributed by atoms with E-state index in [0.29, 0.717) is 5.75 Å². The Morgan fingerprint density at radius 2 is 1.96 bits per heavy atom. The van der Waals surface area contributed by atoms with Gasteiger partial charge in [0.25, 0.3) is 0 Å². The number of nitrogens with zero attached hydrogens (tertiary/aromatic N) is 1. The summed E-state index contributed by atoms with van der Waals surface area (Å²) in [5.41, 5.74) is 2.11. The third-order valence-electron chi connectivity index (χ3n) is 5.37. The third kappa shape index (κ3) is 4.44. The second-order valence-corrected chi connectivity index (χ2v) is 7.24. The summed E-state index contributed by atoms with van der Waals surface area (Å²) in [6, 6.07) is 17.4. The van der Waals surface area contributed by atoms with Crippen LogP contribution in [-0.4, -0.2) is 31.1 Å². The van der Waals surface area contributed by atoms with E-state index < -0.39 is 6.09 Å². The minimum atomic E-state index is -0.461. The Labute approximate surface area is 156 Å². The smallest absolute Gasteiger partial charge is 0.410 e. The number of anilines is 1. The maximum Gasteiger partial charge on any atom is 0.417 e. The molecular formula is C22H28N2O2. The van der Waals surface area contributed by atoms with Crippen molar-refractivity contribution in [1.82, 2.24) is 4.90 Å². The lowest BCUT2D eigenvalue weighted by atomic mass is 9.74. The van der Waals surface area contributed by atoms with Gasteiger partial charge in [0, 0.05) is 17.6 Å². The maximum absolute atomic E-state index is 12.2. The summed E-state index contributed by atoms with van der Waals surface area (Å²) in [6.07, 6.45) is 4.27. The van der Waals surface area contributed by atoms with Crippen LogP contribution in [0.15, 0.2) is 54.6 Å². The van der Waals surface area contributed by atoms with Gasteiger partial charge in [-0.3, -0.25) is 5.32 Å². The van der Waals surface area contributed by atoms with Crippen LogP contribution in [0.25, 0.3) is 0 Å². The van der Waals surface area contributed by atoms with Gasteiger partial charge in [0.15, 0.2) is 0 Å². The van der Waals surface area contributed by atoms with Gasteiger partial charge in [0.05, 0.1) is 0 Å². The summed E-state index contributed by atoms with van der Waals surface area (Å²) in [5, 5.41) is 2.76. The van der Waals surface area contributed by atoms with E-state index in [0.717, 1.165) is 25.2 Å². The second kappa shape index (κ2) is 8.37. The SMILES string of the molecule is CC[C@@]1(c2cccc(OC(=O)Nc3ccccc3)c2)CCCCN(C)C1. The van der Waals surface area contributed by atoms with Crippen molar-refractivity contribution in [2.75, 3.05) is 25.5 Å². The van der Waals surface area contributed by atoms with Crippen LogP contribution in [0.3, 0.4) is 0 Å². The molecule has 0 aromatic heterocycles. The number of amides is 1. The Hall–Kier alpha value is -2.33. The zero-order valence-electron chi connectivity index (χ0n) is 15.7. The van der Waals surface area contributed by atoms with E-state index in [9.17, 15) is 4.79 Å². The molecule has 2 aromatic carbocycles. The number of benzene rings is 2. The van der Waals surface area contributed by atoms with Gasteiger partial charge in [0.2, 0.25) is 0 Å². The van der Waals surface area contributed by atoms with Crippen molar-refractivity contribution in [2.24, 2.45) is 0 Å². The molecule has 0 spiro atoms. The molecular weight excluding hydrogens is 324 g/mol. The number of hydrogen-bond donors (Lipinski definition) is 1. The average Bonchev–Trinajstić information content (AvgIpc) is 2.85. The summed E-state index contributed by atoms with van der Waals surface area (Å²) < 4.78 is 5.53. The van der Waals surface area contributed by atoms with Gasteiger partial charge >= 0.3 is 6.09 Å². The number of hydrogen-bond acceptors (Lipinski definition) is 3. The van der Waals surface area contributed by atoms with Crippen LogP contribution in [-0.2, 0) is 5.41 Å². The van der Waals surface area contributed by atoms with Gasteiger partial charge in [0.1, 0.15) is 5.75 Å². The van der Waals surface area contributed by atoms with Crippen LogP contribution >= 0.6 is 0 Å². The van der Waals surface area contributed by atoms with Crippen molar-refractivity contribution in [2.45, 2.75) is 38.0 Å². The van der Waals surface area contributed by atoms with Gasteiger partial charge < -0.3 is 9.64 Å². The van der Waals surface area contributed by atoms with Crippen LogP contribution in [0.4, 0.5) is 10.5 Å². The fraction of sp³-hybridized carbons (Fsp3) is 0.409. The topological polar surface area (TPSA) is 41.6 Å². The molecule has 0 aliphatic carbocycles. The van der Waals surface area contributed by atoms with E-state index in [1.807, 2.05) is 48.5 Å². The molecule has 1 aliphatic heterocycles. The van der Waals surface area contributed by atoms with E-state index in [1.165, 1.54) is 24.8 Å². The molecule has 1 saturated heterocycles. The van der Waals surface area contributed by atoms with Crippen molar-refractivity contribution in [3.8, 4) is 5.75 Å². The minimum absolute atomic E-state index is 0.126. The number of likely N-dealkylation sites (tertiary alicyclic amines) is 1. The Bertz CT molecular complexity index is 732. The lowest BCUT2D eigenvalue weighted by Crippen LogP contribution is -2.37. The minimum Gasteiger partial charge on any atom is -0.410 e. The van der Waals surface area contributed by atoms with Crippen molar-refractivity contribution >= 4 is 11.8 Å². The number of nitrogens with one attached hydrogen (secondary N) is 1. The Morgan fingerprint density at radius 3 is 2.73 bits per heavy atom. The van der Waals surface area contributed by atoms with E-state index >= 15 is 0 Å². The molecule has 1 N–H and O–H groups in total. The van der Waals surface area contributed by atoms with Gasteiger partial charge in [-0.25, -0.2) is 4.79 Å². The van der Waals surface area contributed by atoms with Gasteiger partial charge in [-0.05, 0) is 62.7 Å². The zero-order valence-corrected chi connectivity index (χ0v) is 15.7. The summed E-state index contributed by atoms with van der Waals surface area (Å²) in [6.45, 7) is 4.45. The van der Waals surface area contributed by atoms with Crippen molar-refractivity contribution < 1.29 is 9.53 Å². The molecule has 1 aliphatic rings. The first-order valence-electron chi connectivity index (χ1n) is 9.44. The maximum atomic E-state index is 12.2. The molecule has 0 radical (unpaired) electrons. The number of para-hydroxylation sites is 1. The summed E-state index contributed by atoms with van der Waals surface area (Å²) in [7, 11) is 2.20. The van der Waals surface area contributed by atoms with Gasteiger partial charge in [-0.1, -0.05) is 43.7 Å². The fourth-order valence-electron chi connectivity index (χ4n) is 3.91. The molecule has 3 rings (SSSR count). The Balaban J connectivity index is 1.75. The second-order valence-electron chi connectivity index (χ2n) is 7.24. The highest BCUT2D eigenvalue weighted by molar-refractivity contribution is 5.86. The fourth-order valence-corrected chi connectivity index (χ4v) is 3.91. The highest BCUT2D eigenvalue weighted by Gasteiger charge is 2.33. The van der Waals surface area contributed by atoms with Crippen LogP contribution in [0.5, 0.6) is 5.75 Å². The van der Waals surface area contributed by atoms with Crippen LogP contribution < -0.4 is 10.1 Å². The molecule has 0 saturated carbocycles. The first-order chi connectivity index (χ1) is 12.6. The Kier molecular flexibility index (Phi) is 5.94. The number of carbonyl (C=O) groups excluding carboxylic acids is 1. The van der Waals surface area contributed by atoms with Crippen molar-refractivity contribution in [3.63, 3.8) is 0 Å². The lowest BCUT2D eigenvalue weighted by Gasteiger charge is -2.35. The highest BCUT2D eigenvalue weighted by Crippen LogP contribution is 2.37. The predicted molar refractivity (Wildman–Crippen MR) is 106 cm³/mol. The van der Waals surface area contributed by atoms with Gasteiger partial charge in [-0.2, -0.15) is 0 Å². The molecule has 1 amide bonds. The number of carbonyl (C=O) groups is 1. The summed E-state index contributed by atoms with van der Waals surface area (Å²) in [5.74, 6) is 0.593. The number of rotatable bonds is 4. The summed E-state index contributed by atoms with van der Waals surface area (Å²) in [4.78, 5) is 14.6. The van der Waals surface area contributed by atoms with Crippen molar-refractivity contribution in [3.05, 3.63) is 60.2 Å². The van der Waals surface area contributed by atoms with Gasteiger partial charge in [-0.15, -0.1) is 0 Å². The van der Waals surface area contributed by atoms with E-state index in [2.05, 4.69) is 30.3 Å². The number of likely N-dealkylation sites (N-methyl/N-ethyl adjacent to an activating group) is 1. The van der Waals surface area contributed by atoms with Crippen LogP contribution in [0, 0.1) is 0 Å². The Morgan fingerprint density at radius 1 is 1.15 bits per heavy atom. The standard InChI is InChI=1S/C22H28N2O2/c1-3-22(14-7-8-15-24(2)17-22)18-10-9-13-20(16-18)26-21(25)23-19-11-5-4-6-12-19/h4-6,9-13,16H,3,7-8,14-15,17H2,1-2H3,(H,23,25)/t22-/m1/s1. The molecule has 2 aromatic rings. The average molecular weight is 352 g/mol. The van der Waals surface area contributed by atoms with Crippen LogP contribution in [0.2, 0.25) is 0 Å². The van der Waals surface area contributed by atoms with E-state index in [4.69, 9.17) is 4.74 Å². The molecule has 1 atom stereocenters. The molecule has 26 heavy (non-hydrogen) atoms. The molecule has 1 fully saturated rings. The normalized spacial score (nSPS) is 21.0. The van der Waals surface area contributed by atoms with Crippen molar-refractivity contribution in [1.29, 1.82) is 0 Å². The molecule has 4 nitrogen and oxygen atoms in total. The molecule has 0 unspecified atom stereocenters. The third-order valence-corrected chi connectivity index (χ3v) is 5.37. The molecule has 1 heterocycles.